The van der Waals surface area contributed by atoms with Gasteiger partial charge in [-0.3, -0.25) is 0 Å². The van der Waals surface area contributed by atoms with E-state index in [0.29, 0.717) is 0 Å². The summed E-state index contributed by atoms with van der Waals surface area (Å²) < 4.78 is 0. The summed E-state index contributed by atoms with van der Waals surface area (Å²) in [5.74, 6) is 0.825. The van der Waals surface area contributed by atoms with Crippen molar-refractivity contribution in [1.82, 2.24) is 0 Å². The van der Waals surface area contributed by atoms with E-state index in [1.165, 1.54) is 24.8 Å². The van der Waals surface area contributed by atoms with Crippen LogP contribution in [-0.4, -0.2) is 5.25 Å². The Morgan fingerprint density at radius 2 is 2.50 bits per heavy atom. The third-order valence-electron chi connectivity index (χ3n) is 2.38. The highest BCUT2D eigenvalue weighted by molar-refractivity contribution is 8.03. The van der Waals surface area contributed by atoms with Crippen LogP contribution in [0.3, 0.4) is 0 Å². The minimum absolute atomic E-state index is 0.744. The Morgan fingerprint density at radius 3 is 3.30 bits per heavy atom. The van der Waals surface area contributed by atoms with Gasteiger partial charge in [0.05, 0.1) is 0 Å². The third-order valence-corrected chi connectivity index (χ3v) is 3.67. The molecule has 0 N–H and O–H groups in total. The van der Waals surface area contributed by atoms with Crippen LogP contribution in [0.4, 0.5) is 0 Å². The first kappa shape index (κ1) is 6.53. The molecule has 0 bridgehead atoms. The molecule has 0 aromatic rings. The van der Waals surface area contributed by atoms with Crippen molar-refractivity contribution in [3.05, 3.63) is 23.6 Å². The van der Waals surface area contributed by atoms with Gasteiger partial charge in [0.2, 0.25) is 0 Å². The Bertz CT molecular complexity index is 181. The van der Waals surface area contributed by atoms with E-state index in [-0.39, 0.29) is 0 Å². The highest BCUT2D eigenvalue weighted by atomic mass is 32.2. The van der Waals surface area contributed by atoms with Gasteiger partial charge < -0.3 is 0 Å². The lowest BCUT2D eigenvalue weighted by molar-refractivity contribution is 0.513. The Balaban J connectivity index is 2.14. The van der Waals surface area contributed by atoms with Crippen LogP contribution in [0.1, 0.15) is 19.3 Å². The molecule has 1 aliphatic carbocycles. The predicted octanol–water partition coefficient (Wildman–Crippen LogP) is 2.97. The first-order chi connectivity index (χ1) is 4.88. The van der Waals surface area contributed by atoms with Crippen molar-refractivity contribution in [3.8, 4) is 0 Å². The molecule has 10 heavy (non-hydrogen) atoms. The zero-order valence-electron chi connectivity index (χ0n) is 6.05. The van der Waals surface area contributed by atoms with Crippen LogP contribution in [0.15, 0.2) is 23.6 Å². The molecule has 0 aromatic heterocycles. The van der Waals surface area contributed by atoms with Crippen molar-refractivity contribution in [2.24, 2.45) is 5.92 Å². The maximum Gasteiger partial charge on any atom is 0.0358 e. The average Bonchev–Trinajstić information content (AvgIpc) is 2.36. The van der Waals surface area contributed by atoms with E-state index in [0.717, 1.165) is 11.2 Å². The van der Waals surface area contributed by atoms with E-state index < -0.39 is 0 Å². The summed E-state index contributed by atoms with van der Waals surface area (Å²) in [5.41, 5.74) is 1.46. The summed E-state index contributed by atoms with van der Waals surface area (Å²) >= 11 is 1.95. The Labute approximate surface area is 66.4 Å². The number of fused-ring (bicyclic) bond motifs is 1. The normalized spacial score (nSPS) is 38.2. The molecule has 0 amide bonds. The maximum atomic E-state index is 4.10. The van der Waals surface area contributed by atoms with E-state index in [4.69, 9.17) is 0 Å². The predicted molar refractivity (Wildman–Crippen MR) is 47.0 cm³/mol. The second-order valence-corrected chi connectivity index (χ2v) is 4.15. The molecule has 0 aromatic carbocycles. The SMILES string of the molecule is C=C1CCCC2C=CSC12. The molecule has 1 aliphatic heterocycles. The van der Waals surface area contributed by atoms with Gasteiger partial charge in [-0.15, -0.1) is 11.8 Å². The van der Waals surface area contributed by atoms with Crippen LogP contribution in [0, 0.1) is 5.92 Å². The molecule has 2 unspecified atom stereocenters. The van der Waals surface area contributed by atoms with Crippen LogP contribution < -0.4 is 0 Å². The van der Waals surface area contributed by atoms with Crippen molar-refractivity contribution in [1.29, 1.82) is 0 Å². The molecule has 0 saturated heterocycles. The topological polar surface area (TPSA) is 0 Å². The van der Waals surface area contributed by atoms with Crippen LogP contribution in [0.5, 0.6) is 0 Å². The van der Waals surface area contributed by atoms with E-state index in [9.17, 15) is 0 Å². The van der Waals surface area contributed by atoms with Crippen molar-refractivity contribution < 1.29 is 0 Å². The largest absolute Gasteiger partial charge is 0.126 e. The number of allylic oxidation sites excluding steroid dienone is 1. The molecular formula is C9H12S. The van der Waals surface area contributed by atoms with Gasteiger partial charge in [0.25, 0.3) is 0 Å². The number of hydrogen-bond donors (Lipinski definition) is 0. The van der Waals surface area contributed by atoms with Crippen LogP contribution in [0.2, 0.25) is 0 Å². The zero-order valence-corrected chi connectivity index (χ0v) is 6.86. The Kier molecular flexibility index (Phi) is 1.61. The number of rotatable bonds is 0. The van der Waals surface area contributed by atoms with Crippen LogP contribution in [-0.2, 0) is 0 Å². The van der Waals surface area contributed by atoms with Crippen LogP contribution >= 0.6 is 11.8 Å². The second kappa shape index (κ2) is 2.46. The molecule has 1 saturated carbocycles. The molecular weight excluding hydrogens is 140 g/mol. The lowest BCUT2D eigenvalue weighted by atomic mass is 9.86. The van der Waals surface area contributed by atoms with Gasteiger partial charge >= 0.3 is 0 Å². The lowest BCUT2D eigenvalue weighted by Crippen LogP contribution is -2.18. The minimum atomic E-state index is 0.744. The monoisotopic (exact) mass is 152 g/mol. The number of hydrogen-bond acceptors (Lipinski definition) is 1. The van der Waals surface area contributed by atoms with E-state index in [1.807, 2.05) is 11.8 Å². The summed E-state index contributed by atoms with van der Waals surface area (Å²) in [6.45, 7) is 4.10. The van der Waals surface area contributed by atoms with Crippen molar-refractivity contribution >= 4 is 11.8 Å². The molecule has 1 heterocycles. The number of thioether (sulfide) groups is 1. The van der Waals surface area contributed by atoms with E-state index in [2.05, 4.69) is 18.1 Å². The standard InChI is InChI=1S/C9H12S/c1-7-3-2-4-8-5-6-10-9(7)8/h5-6,8-9H,1-4H2. The summed E-state index contributed by atoms with van der Waals surface area (Å²) in [6, 6.07) is 0. The van der Waals surface area contributed by atoms with Gasteiger partial charge in [-0.2, -0.15) is 0 Å². The van der Waals surface area contributed by atoms with Gasteiger partial charge in [-0.1, -0.05) is 18.2 Å². The first-order valence-corrected chi connectivity index (χ1v) is 4.82. The van der Waals surface area contributed by atoms with Crippen molar-refractivity contribution in [2.45, 2.75) is 24.5 Å². The fourth-order valence-corrected chi connectivity index (χ4v) is 2.99. The first-order valence-electron chi connectivity index (χ1n) is 3.88. The zero-order chi connectivity index (χ0) is 6.97. The fraction of sp³-hybridized carbons (Fsp3) is 0.556. The molecule has 0 spiro atoms. The lowest BCUT2D eigenvalue weighted by Gasteiger charge is -2.25. The van der Waals surface area contributed by atoms with Crippen LogP contribution in [0.25, 0.3) is 0 Å². The van der Waals surface area contributed by atoms with Gasteiger partial charge in [-0.25, -0.2) is 0 Å². The summed E-state index contributed by atoms with van der Waals surface area (Å²) in [4.78, 5) is 0. The van der Waals surface area contributed by atoms with Gasteiger partial charge in [0.15, 0.2) is 0 Å². The summed E-state index contributed by atoms with van der Waals surface area (Å²) in [6.07, 6.45) is 6.34. The molecule has 1 heteroatoms. The quantitative estimate of drug-likeness (QED) is 0.481. The Morgan fingerprint density at radius 1 is 1.60 bits per heavy atom. The molecule has 2 rings (SSSR count). The molecule has 0 nitrogen and oxygen atoms in total. The summed E-state index contributed by atoms with van der Waals surface area (Å²) in [5, 5.41) is 2.99. The molecule has 54 valence electrons. The molecule has 2 aliphatic rings. The molecule has 0 radical (unpaired) electrons. The van der Waals surface area contributed by atoms with Gasteiger partial charge in [0, 0.05) is 5.25 Å². The minimum Gasteiger partial charge on any atom is -0.126 e. The molecule has 2 atom stereocenters. The fourth-order valence-electron chi connectivity index (χ4n) is 1.79. The third kappa shape index (κ3) is 0.929. The van der Waals surface area contributed by atoms with E-state index in [1.54, 1.807) is 0 Å². The average molecular weight is 152 g/mol. The smallest absolute Gasteiger partial charge is 0.0358 e. The Hall–Kier alpha value is -0.170. The second-order valence-electron chi connectivity index (χ2n) is 3.10. The van der Waals surface area contributed by atoms with Crippen molar-refractivity contribution in [3.63, 3.8) is 0 Å². The highest BCUT2D eigenvalue weighted by Crippen LogP contribution is 2.42. The van der Waals surface area contributed by atoms with Gasteiger partial charge in [-0.05, 0) is 30.6 Å². The van der Waals surface area contributed by atoms with Crippen molar-refractivity contribution in [2.75, 3.05) is 0 Å². The maximum absolute atomic E-state index is 4.10. The highest BCUT2D eigenvalue weighted by Gasteiger charge is 2.28. The molecule has 1 fully saturated rings. The van der Waals surface area contributed by atoms with E-state index >= 15 is 0 Å². The van der Waals surface area contributed by atoms with Gasteiger partial charge in [0.1, 0.15) is 0 Å². The summed E-state index contributed by atoms with van der Waals surface area (Å²) in [7, 11) is 0.